The van der Waals surface area contributed by atoms with Gasteiger partial charge < -0.3 is 10.6 Å². The predicted molar refractivity (Wildman–Crippen MR) is 63.1 cm³/mol. The first-order chi connectivity index (χ1) is 8.34. The van der Waals surface area contributed by atoms with E-state index in [1.54, 1.807) is 6.92 Å². The van der Waals surface area contributed by atoms with E-state index in [4.69, 9.17) is 0 Å². The average molecular weight is 266 g/mol. The van der Waals surface area contributed by atoms with E-state index in [1.165, 1.54) is 0 Å². The number of rotatable bonds is 4. The number of amides is 1. The van der Waals surface area contributed by atoms with Gasteiger partial charge in [-0.25, -0.2) is 0 Å². The molecule has 0 heterocycles. The van der Waals surface area contributed by atoms with Crippen molar-refractivity contribution in [2.24, 2.45) is 5.92 Å². The van der Waals surface area contributed by atoms with Crippen LogP contribution in [0.1, 0.15) is 39.5 Å². The Kier molecular flexibility index (Phi) is 5.44. The third-order valence-electron chi connectivity index (χ3n) is 3.37. The molecule has 106 valence electrons. The van der Waals surface area contributed by atoms with Crippen LogP contribution < -0.4 is 10.6 Å². The molecule has 1 amide bonds. The fourth-order valence-corrected chi connectivity index (χ4v) is 2.40. The Hall–Kier alpha value is -0.780. The van der Waals surface area contributed by atoms with Crippen LogP contribution in [0.5, 0.6) is 0 Å². The van der Waals surface area contributed by atoms with Gasteiger partial charge in [-0.2, -0.15) is 13.2 Å². The summed E-state index contributed by atoms with van der Waals surface area (Å²) in [5.41, 5.74) is 0. The Morgan fingerprint density at radius 1 is 1.39 bits per heavy atom. The maximum absolute atomic E-state index is 12.6. The Bertz CT molecular complexity index is 281. The van der Waals surface area contributed by atoms with Gasteiger partial charge in [0.05, 0.1) is 12.0 Å². The molecular weight excluding hydrogens is 245 g/mol. The second-order valence-corrected chi connectivity index (χ2v) is 4.89. The molecule has 6 heteroatoms. The lowest BCUT2D eigenvalue weighted by atomic mass is 9.85. The van der Waals surface area contributed by atoms with Crippen molar-refractivity contribution >= 4 is 5.91 Å². The Labute approximate surface area is 106 Å². The van der Waals surface area contributed by atoms with Crippen LogP contribution in [0.2, 0.25) is 0 Å². The van der Waals surface area contributed by atoms with Gasteiger partial charge in [0.25, 0.3) is 0 Å². The maximum Gasteiger partial charge on any atom is 0.391 e. The van der Waals surface area contributed by atoms with Crippen LogP contribution in [-0.2, 0) is 4.79 Å². The summed E-state index contributed by atoms with van der Waals surface area (Å²) >= 11 is 0. The molecule has 18 heavy (non-hydrogen) atoms. The fourth-order valence-electron chi connectivity index (χ4n) is 2.40. The molecule has 0 spiro atoms. The number of carbonyl (C=O) groups is 1. The Morgan fingerprint density at radius 2 is 2.06 bits per heavy atom. The van der Waals surface area contributed by atoms with E-state index in [0.717, 1.165) is 0 Å². The number of alkyl halides is 3. The van der Waals surface area contributed by atoms with E-state index in [9.17, 15) is 18.0 Å². The van der Waals surface area contributed by atoms with Crippen molar-refractivity contribution in [2.45, 2.75) is 57.8 Å². The summed E-state index contributed by atoms with van der Waals surface area (Å²) in [4.78, 5) is 11.5. The molecule has 0 aromatic carbocycles. The summed E-state index contributed by atoms with van der Waals surface area (Å²) in [5, 5.41) is 5.65. The number of likely N-dealkylation sites (N-methyl/N-ethyl adjacent to an activating group) is 1. The van der Waals surface area contributed by atoms with Crippen LogP contribution in [-0.4, -0.2) is 30.7 Å². The molecule has 0 radical (unpaired) electrons. The SMILES string of the molecule is CCNC(=O)C(C)NC1CCCC(C(F)(F)F)C1. The lowest BCUT2D eigenvalue weighted by Gasteiger charge is -2.32. The van der Waals surface area contributed by atoms with Crippen molar-refractivity contribution in [2.75, 3.05) is 6.54 Å². The van der Waals surface area contributed by atoms with Crippen LogP contribution in [0.25, 0.3) is 0 Å². The molecule has 0 aliphatic heterocycles. The van der Waals surface area contributed by atoms with Gasteiger partial charge in [0.2, 0.25) is 5.91 Å². The molecule has 0 saturated heterocycles. The van der Waals surface area contributed by atoms with Crippen molar-refractivity contribution in [3.05, 3.63) is 0 Å². The topological polar surface area (TPSA) is 41.1 Å². The van der Waals surface area contributed by atoms with E-state index in [0.29, 0.717) is 19.4 Å². The van der Waals surface area contributed by atoms with Gasteiger partial charge in [0.1, 0.15) is 0 Å². The van der Waals surface area contributed by atoms with Crippen molar-refractivity contribution < 1.29 is 18.0 Å². The molecule has 1 saturated carbocycles. The van der Waals surface area contributed by atoms with Crippen LogP contribution in [0, 0.1) is 5.92 Å². The van der Waals surface area contributed by atoms with Crippen molar-refractivity contribution in [1.29, 1.82) is 0 Å². The standard InChI is InChI=1S/C12H21F3N2O/c1-3-16-11(18)8(2)17-10-6-4-5-9(7-10)12(13,14)15/h8-10,17H,3-7H2,1-2H3,(H,16,18). The van der Waals surface area contributed by atoms with Gasteiger partial charge in [-0.05, 0) is 33.1 Å². The lowest BCUT2D eigenvalue weighted by molar-refractivity contribution is -0.183. The molecule has 0 bridgehead atoms. The predicted octanol–water partition coefficient (Wildman–Crippen LogP) is 2.22. The largest absolute Gasteiger partial charge is 0.391 e. The normalized spacial score (nSPS) is 26.7. The molecule has 1 fully saturated rings. The Balaban J connectivity index is 2.45. The van der Waals surface area contributed by atoms with Crippen LogP contribution in [0.4, 0.5) is 13.2 Å². The van der Waals surface area contributed by atoms with Gasteiger partial charge in [0, 0.05) is 12.6 Å². The van der Waals surface area contributed by atoms with Crippen LogP contribution >= 0.6 is 0 Å². The van der Waals surface area contributed by atoms with Crippen molar-refractivity contribution in [1.82, 2.24) is 10.6 Å². The highest BCUT2D eigenvalue weighted by molar-refractivity contribution is 5.81. The van der Waals surface area contributed by atoms with E-state index in [2.05, 4.69) is 10.6 Å². The average Bonchev–Trinajstić information content (AvgIpc) is 2.28. The lowest BCUT2D eigenvalue weighted by Crippen LogP contribution is -2.48. The molecule has 3 atom stereocenters. The molecule has 3 unspecified atom stereocenters. The zero-order chi connectivity index (χ0) is 13.8. The summed E-state index contributed by atoms with van der Waals surface area (Å²) in [6, 6.07) is -0.662. The minimum atomic E-state index is -4.12. The molecule has 3 nitrogen and oxygen atoms in total. The van der Waals surface area contributed by atoms with E-state index >= 15 is 0 Å². The number of hydrogen-bond donors (Lipinski definition) is 2. The molecule has 1 aliphatic carbocycles. The smallest absolute Gasteiger partial charge is 0.355 e. The van der Waals surface area contributed by atoms with E-state index < -0.39 is 18.1 Å². The molecule has 0 aromatic rings. The monoisotopic (exact) mass is 266 g/mol. The van der Waals surface area contributed by atoms with Gasteiger partial charge in [0.15, 0.2) is 0 Å². The van der Waals surface area contributed by atoms with E-state index in [1.807, 2.05) is 6.92 Å². The molecule has 1 aliphatic rings. The first-order valence-corrected chi connectivity index (χ1v) is 6.45. The van der Waals surface area contributed by atoms with Gasteiger partial charge >= 0.3 is 6.18 Å². The third-order valence-corrected chi connectivity index (χ3v) is 3.37. The first-order valence-electron chi connectivity index (χ1n) is 6.45. The quantitative estimate of drug-likeness (QED) is 0.819. The fraction of sp³-hybridized carbons (Fsp3) is 0.917. The summed E-state index contributed by atoms with van der Waals surface area (Å²) < 4.78 is 37.9. The second-order valence-electron chi connectivity index (χ2n) is 4.89. The van der Waals surface area contributed by atoms with E-state index in [-0.39, 0.29) is 24.8 Å². The summed E-state index contributed by atoms with van der Waals surface area (Å²) in [5.74, 6) is -1.39. The Morgan fingerprint density at radius 3 is 2.61 bits per heavy atom. The highest BCUT2D eigenvalue weighted by Crippen LogP contribution is 2.37. The van der Waals surface area contributed by atoms with Gasteiger partial charge in [-0.15, -0.1) is 0 Å². The van der Waals surface area contributed by atoms with Gasteiger partial charge in [-0.3, -0.25) is 4.79 Å². The summed E-state index contributed by atoms with van der Waals surface area (Å²) in [7, 11) is 0. The first kappa shape index (κ1) is 15.3. The molecular formula is C12H21F3N2O. The van der Waals surface area contributed by atoms with Crippen molar-refractivity contribution in [3.63, 3.8) is 0 Å². The number of hydrogen-bond acceptors (Lipinski definition) is 2. The minimum Gasteiger partial charge on any atom is -0.355 e. The summed E-state index contributed by atoms with van der Waals surface area (Å²) in [6.07, 6.45) is -2.57. The highest BCUT2D eigenvalue weighted by Gasteiger charge is 2.42. The number of halogens is 3. The van der Waals surface area contributed by atoms with Gasteiger partial charge in [-0.1, -0.05) is 6.42 Å². The molecule has 2 N–H and O–H groups in total. The minimum absolute atomic E-state index is 0.0766. The number of nitrogens with one attached hydrogen (secondary N) is 2. The third kappa shape index (κ3) is 4.48. The zero-order valence-electron chi connectivity index (χ0n) is 10.8. The zero-order valence-corrected chi connectivity index (χ0v) is 10.8. The van der Waals surface area contributed by atoms with Crippen LogP contribution in [0.3, 0.4) is 0 Å². The number of carbonyl (C=O) groups excluding carboxylic acids is 1. The molecule has 0 aromatic heterocycles. The van der Waals surface area contributed by atoms with Crippen LogP contribution in [0.15, 0.2) is 0 Å². The maximum atomic E-state index is 12.6. The molecule has 1 rings (SSSR count). The second kappa shape index (κ2) is 6.41. The highest BCUT2D eigenvalue weighted by atomic mass is 19.4. The summed E-state index contributed by atoms with van der Waals surface area (Å²) in [6.45, 7) is 4.02. The van der Waals surface area contributed by atoms with Crippen molar-refractivity contribution in [3.8, 4) is 0 Å².